The fraction of sp³-hybridized carbons (Fsp3) is 0.647. The molecule has 1 aromatic carbocycles. The molecule has 1 aliphatic carbocycles. The Morgan fingerprint density at radius 1 is 1.29 bits per heavy atom. The van der Waals surface area contributed by atoms with E-state index < -0.39 is 0 Å². The topological polar surface area (TPSA) is 15.3 Å². The minimum atomic E-state index is 0.771. The molecule has 0 spiro atoms. The van der Waals surface area contributed by atoms with Gasteiger partial charge in [0, 0.05) is 17.1 Å². The number of halogens is 2. The van der Waals surface area contributed by atoms with Gasteiger partial charge in [-0.15, -0.1) is 0 Å². The largest absolute Gasteiger partial charge is 0.313 e. The molecule has 1 fully saturated rings. The van der Waals surface area contributed by atoms with E-state index in [9.17, 15) is 0 Å². The standard InChI is InChI=1S/C17H26BrClN2/c1-21(15-6-3-2-4-7-15)11-5-10-20-13-14-8-9-17(19)16(18)12-14/h8-9,12,15,20H,2-7,10-11,13H2,1H3. The zero-order valence-corrected chi connectivity index (χ0v) is 15.2. The maximum Gasteiger partial charge on any atom is 0.0548 e. The van der Waals surface area contributed by atoms with Gasteiger partial charge in [0.15, 0.2) is 0 Å². The molecule has 1 saturated carbocycles. The summed E-state index contributed by atoms with van der Waals surface area (Å²) in [5.41, 5.74) is 1.27. The van der Waals surface area contributed by atoms with Crippen LogP contribution in [0.2, 0.25) is 5.02 Å². The van der Waals surface area contributed by atoms with Gasteiger partial charge in [0.25, 0.3) is 0 Å². The SMILES string of the molecule is CN(CCCNCc1ccc(Cl)c(Br)c1)C1CCCCC1. The quantitative estimate of drug-likeness (QED) is 0.687. The number of rotatable bonds is 7. The van der Waals surface area contributed by atoms with Gasteiger partial charge in [-0.1, -0.05) is 36.9 Å². The van der Waals surface area contributed by atoms with Gasteiger partial charge in [-0.2, -0.15) is 0 Å². The van der Waals surface area contributed by atoms with Gasteiger partial charge in [-0.25, -0.2) is 0 Å². The lowest BCUT2D eigenvalue weighted by molar-refractivity contribution is 0.189. The highest BCUT2D eigenvalue weighted by Crippen LogP contribution is 2.23. The van der Waals surface area contributed by atoms with Gasteiger partial charge in [-0.3, -0.25) is 0 Å². The maximum absolute atomic E-state index is 6.00. The molecule has 0 atom stereocenters. The summed E-state index contributed by atoms with van der Waals surface area (Å²) in [7, 11) is 2.28. The lowest BCUT2D eigenvalue weighted by atomic mass is 9.94. The van der Waals surface area contributed by atoms with Crippen molar-refractivity contribution < 1.29 is 0 Å². The molecular formula is C17H26BrClN2. The Kier molecular flexibility index (Phi) is 7.51. The average Bonchev–Trinajstić information content (AvgIpc) is 2.51. The smallest absolute Gasteiger partial charge is 0.0548 e. The van der Waals surface area contributed by atoms with Gasteiger partial charge in [0.1, 0.15) is 0 Å². The Bertz CT molecular complexity index is 433. The molecule has 0 aliphatic heterocycles. The first-order chi connectivity index (χ1) is 10.2. The Balaban J connectivity index is 1.60. The zero-order valence-electron chi connectivity index (χ0n) is 12.9. The lowest BCUT2D eigenvalue weighted by Crippen LogP contribution is -2.35. The fourth-order valence-corrected chi connectivity index (χ4v) is 3.58. The van der Waals surface area contributed by atoms with Gasteiger partial charge >= 0.3 is 0 Å². The van der Waals surface area contributed by atoms with Gasteiger partial charge in [0.05, 0.1) is 5.02 Å². The maximum atomic E-state index is 6.00. The van der Waals surface area contributed by atoms with Gasteiger partial charge in [0.2, 0.25) is 0 Å². The second-order valence-corrected chi connectivity index (χ2v) is 7.31. The van der Waals surface area contributed by atoms with Crippen LogP contribution < -0.4 is 5.32 Å². The van der Waals surface area contributed by atoms with E-state index in [4.69, 9.17) is 11.6 Å². The first-order valence-corrected chi connectivity index (χ1v) is 9.19. The summed E-state index contributed by atoms with van der Waals surface area (Å²) in [4.78, 5) is 2.56. The van der Waals surface area contributed by atoms with Crippen LogP contribution >= 0.6 is 27.5 Å². The van der Waals surface area contributed by atoms with Crippen molar-refractivity contribution in [1.82, 2.24) is 10.2 Å². The molecule has 1 N–H and O–H groups in total. The van der Waals surface area contributed by atoms with Crippen molar-refractivity contribution in [2.24, 2.45) is 0 Å². The third-order valence-corrected chi connectivity index (χ3v) is 5.59. The average molecular weight is 374 g/mol. The van der Waals surface area contributed by atoms with Crippen molar-refractivity contribution in [3.63, 3.8) is 0 Å². The summed E-state index contributed by atoms with van der Waals surface area (Å²) in [5, 5.41) is 4.29. The second-order valence-electron chi connectivity index (χ2n) is 6.05. The minimum absolute atomic E-state index is 0.771. The number of nitrogens with one attached hydrogen (secondary N) is 1. The first-order valence-electron chi connectivity index (χ1n) is 8.01. The molecule has 2 rings (SSSR count). The van der Waals surface area contributed by atoms with Crippen LogP contribution in [0.3, 0.4) is 0 Å². The van der Waals surface area contributed by atoms with Crippen molar-refractivity contribution in [3.8, 4) is 0 Å². The van der Waals surface area contributed by atoms with Crippen LogP contribution in [0.15, 0.2) is 22.7 Å². The van der Waals surface area contributed by atoms with Crippen LogP contribution in [0.1, 0.15) is 44.1 Å². The van der Waals surface area contributed by atoms with E-state index in [1.54, 1.807) is 0 Å². The Hall–Kier alpha value is -0.0900. The zero-order chi connectivity index (χ0) is 15.1. The molecule has 0 bridgehead atoms. The third-order valence-electron chi connectivity index (χ3n) is 4.38. The number of nitrogens with zero attached hydrogens (tertiary/aromatic N) is 1. The molecule has 2 nitrogen and oxygen atoms in total. The van der Waals surface area contributed by atoms with E-state index in [1.165, 1.54) is 50.6 Å². The predicted octanol–water partition coefficient (Wildman–Crippen LogP) is 4.85. The van der Waals surface area contributed by atoms with Crippen molar-refractivity contribution in [2.45, 2.75) is 51.1 Å². The second kappa shape index (κ2) is 9.14. The van der Waals surface area contributed by atoms with E-state index in [2.05, 4.69) is 45.3 Å². The highest BCUT2D eigenvalue weighted by molar-refractivity contribution is 9.10. The highest BCUT2D eigenvalue weighted by Gasteiger charge is 2.16. The minimum Gasteiger partial charge on any atom is -0.313 e. The third kappa shape index (κ3) is 5.90. The van der Waals surface area contributed by atoms with Crippen LogP contribution in [0.25, 0.3) is 0 Å². The van der Waals surface area contributed by atoms with Crippen LogP contribution in [0, 0.1) is 0 Å². The normalized spacial score (nSPS) is 16.6. The summed E-state index contributed by atoms with van der Waals surface area (Å²) in [6, 6.07) is 6.93. The van der Waals surface area contributed by atoms with Crippen molar-refractivity contribution >= 4 is 27.5 Å². The number of benzene rings is 1. The van der Waals surface area contributed by atoms with Crippen LogP contribution in [0.5, 0.6) is 0 Å². The molecule has 21 heavy (non-hydrogen) atoms. The summed E-state index contributed by atoms with van der Waals surface area (Å²) in [5.74, 6) is 0. The Morgan fingerprint density at radius 3 is 2.76 bits per heavy atom. The summed E-state index contributed by atoms with van der Waals surface area (Å²) < 4.78 is 0.973. The van der Waals surface area contributed by atoms with Gasteiger partial charge < -0.3 is 10.2 Å². The van der Waals surface area contributed by atoms with Crippen molar-refractivity contribution in [3.05, 3.63) is 33.3 Å². The van der Waals surface area contributed by atoms with E-state index in [0.717, 1.165) is 28.6 Å². The summed E-state index contributed by atoms with van der Waals surface area (Å²) >= 11 is 9.47. The van der Waals surface area contributed by atoms with E-state index in [0.29, 0.717) is 0 Å². The first kappa shape index (κ1) is 17.3. The predicted molar refractivity (Wildman–Crippen MR) is 95.0 cm³/mol. The monoisotopic (exact) mass is 372 g/mol. The fourth-order valence-electron chi connectivity index (χ4n) is 3.04. The number of hydrogen-bond acceptors (Lipinski definition) is 2. The van der Waals surface area contributed by atoms with E-state index in [1.807, 2.05) is 6.07 Å². The molecule has 0 heterocycles. The number of hydrogen-bond donors (Lipinski definition) is 1. The van der Waals surface area contributed by atoms with E-state index in [-0.39, 0.29) is 0 Å². The molecule has 0 saturated heterocycles. The molecule has 118 valence electrons. The molecule has 0 aromatic heterocycles. The lowest BCUT2D eigenvalue weighted by Gasteiger charge is -2.31. The van der Waals surface area contributed by atoms with Crippen molar-refractivity contribution in [2.75, 3.05) is 20.1 Å². The van der Waals surface area contributed by atoms with Crippen LogP contribution in [0.4, 0.5) is 0 Å². The highest BCUT2D eigenvalue weighted by atomic mass is 79.9. The molecule has 4 heteroatoms. The Morgan fingerprint density at radius 2 is 2.05 bits per heavy atom. The van der Waals surface area contributed by atoms with Crippen LogP contribution in [-0.2, 0) is 6.54 Å². The summed E-state index contributed by atoms with van der Waals surface area (Å²) in [6.45, 7) is 3.17. The molecule has 0 unspecified atom stereocenters. The summed E-state index contributed by atoms with van der Waals surface area (Å²) in [6.07, 6.45) is 8.26. The molecule has 1 aromatic rings. The Labute approximate surface area is 142 Å². The van der Waals surface area contributed by atoms with Crippen LogP contribution in [-0.4, -0.2) is 31.1 Å². The van der Waals surface area contributed by atoms with Gasteiger partial charge in [-0.05, 0) is 73.0 Å². The molecule has 0 radical (unpaired) electrons. The molecule has 0 amide bonds. The molecule has 1 aliphatic rings. The van der Waals surface area contributed by atoms with E-state index >= 15 is 0 Å². The van der Waals surface area contributed by atoms with Crippen molar-refractivity contribution in [1.29, 1.82) is 0 Å². The molecular weight excluding hydrogens is 348 g/mol.